The van der Waals surface area contributed by atoms with E-state index < -0.39 is 23.9 Å². The fraction of sp³-hybridized carbons (Fsp3) is 0.238. The molecule has 1 aliphatic heterocycles. The Bertz CT molecular complexity index is 953. The highest BCUT2D eigenvalue weighted by Gasteiger charge is 2.37. The topological polar surface area (TPSA) is 92.8 Å². The Morgan fingerprint density at radius 1 is 0.929 bits per heavy atom. The van der Waals surface area contributed by atoms with Crippen molar-refractivity contribution in [2.75, 3.05) is 5.32 Å². The van der Waals surface area contributed by atoms with Crippen LogP contribution in [0.5, 0.6) is 0 Å². The molecule has 0 bridgehead atoms. The monoisotopic (exact) mass is 380 g/mol. The normalized spacial score (nSPS) is 14.1. The lowest BCUT2D eigenvalue weighted by molar-refractivity contribution is -0.123. The lowest BCUT2D eigenvalue weighted by Gasteiger charge is -2.17. The van der Waals surface area contributed by atoms with Crippen LogP contribution in [0.4, 0.5) is 5.69 Å². The van der Waals surface area contributed by atoms with Gasteiger partial charge in [-0.05, 0) is 51.1 Å². The zero-order valence-corrected chi connectivity index (χ0v) is 15.8. The molecule has 1 N–H and O–H groups in total. The number of rotatable bonds is 5. The quantitative estimate of drug-likeness (QED) is 0.636. The van der Waals surface area contributed by atoms with E-state index in [9.17, 15) is 19.2 Å². The second kappa shape index (κ2) is 7.64. The van der Waals surface area contributed by atoms with Crippen LogP contribution in [-0.2, 0) is 9.53 Å². The van der Waals surface area contributed by atoms with E-state index in [-0.39, 0.29) is 28.6 Å². The minimum Gasteiger partial charge on any atom is -0.449 e. The van der Waals surface area contributed by atoms with E-state index in [0.29, 0.717) is 5.69 Å². The summed E-state index contributed by atoms with van der Waals surface area (Å²) < 4.78 is 5.21. The van der Waals surface area contributed by atoms with Crippen LogP contribution in [-0.4, -0.2) is 40.7 Å². The Kier molecular flexibility index (Phi) is 5.26. The van der Waals surface area contributed by atoms with E-state index >= 15 is 0 Å². The van der Waals surface area contributed by atoms with Crippen molar-refractivity contribution in [3.05, 3.63) is 65.2 Å². The molecule has 0 fully saturated rings. The molecule has 28 heavy (non-hydrogen) atoms. The maximum Gasteiger partial charge on any atom is 0.338 e. The summed E-state index contributed by atoms with van der Waals surface area (Å²) in [4.78, 5) is 50.5. The standard InChI is InChI=1S/C21H20N2O5/c1-12(2)23-19(25)16-10-9-14(11-17(16)20(23)26)21(27)28-13(3)18(24)22-15-7-5-4-6-8-15/h4-13H,1-3H3,(H,22,24)/t13-/m1/s1. The summed E-state index contributed by atoms with van der Waals surface area (Å²) in [6, 6.07) is 12.7. The summed E-state index contributed by atoms with van der Waals surface area (Å²) in [5.41, 5.74) is 1.11. The number of imide groups is 1. The number of esters is 1. The van der Waals surface area contributed by atoms with Crippen LogP contribution in [0, 0.1) is 0 Å². The predicted molar refractivity (Wildman–Crippen MR) is 102 cm³/mol. The van der Waals surface area contributed by atoms with Crippen molar-refractivity contribution in [3.63, 3.8) is 0 Å². The van der Waals surface area contributed by atoms with Crippen molar-refractivity contribution in [1.82, 2.24) is 4.90 Å². The summed E-state index contributed by atoms with van der Waals surface area (Å²) in [6.07, 6.45) is -1.04. The van der Waals surface area contributed by atoms with Crippen molar-refractivity contribution in [1.29, 1.82) is 0 Å². The van der Waals surface area contributed by atoms with E-state index in [0.717, 1.165) is 4.90 Å². The summed E-state index contributed by atoms with van der Waals surface area (Å²) in [7, 11) is 0. The molecule has 0 unspecified atom stereocenters. The molecule has 1 atom stereocenters. The number of nitrogens with one attached hydrogen (secondary N) is 1. The van der Waals surface area contributed by atoms with Gasteiger partial charge < -0.3 is 10.1 Å². The van der Waals surface area contributed by atoms with Gasteiger partial charge in [-0.2, -0.15) is 0 Å². The van der Waals surface area contributed by atoms with E-state index in [4.69, 9.17) is 4.74 Å². The molecule has 3 amide bonds. The predicted octanol–water partition coefficient (Wildman–Crippen LogP) is 2.88. The average Bonchev–Trinajstić information content (AvgIpc) is 2.92. The average molecular weight is 380 g/mol. The summed E-state index contributed by atoms with van der Waals surface area (Å²) in [5, 5.41) is 2.65. The molecular weight excluding hydrogens is 360 g/mol. The molecule has 0 saturated heterocycles. The number of ether oxygens (including phenoxy) is 1. The zero-order valence-electron chi connectivity index (χ0n) is 15.8. The van der Waals surface area contributed by atoms with Gasteiger partial charge in [0.25, 0.3) is 17.7 Å². The number of para-hydroxylation sites is 1. The van der Waals surface area contributed by atoms with Crippen molar-refractivity contribution >= 4 is 29.4 Å². The smallest absolute Gasteiger partial charge is 0.338 e. The number of carbonyl (C=O) groups is 4. The van der Waals surface area contributed by atoms with E-state index in [1.54, 1.807) is 38.1 Å². The van der Waals surface area contributed by atoms with Crippen LogP contribution in [0.25, 0.3) is 0 Å². The summed E-state index contributed by atoms with van der Waals surface area (Å²) in [6.45, 7) is 4.94. The third kappa shape index (κ3) is 3.64. The van der Waals surface area contributed by atoms with Gasteiger partial charge in [0.15, 0.2) is 6.10 Å². The van der Waals surface area contributed by atoms with Crippen molar-refractivity contribution in [3.8, 4) is 0 Å². The molecule has 0 aromatic heterocycles. The molecule has 0 aliphatic carbocycles. The number of amides is 3. The van der Waals surface area contributed by atoms with Gasteiger partial charge in [0.1, 0.15) is 0 Å². The molecule has 2 aromatic carbocycles. The van der Waals surface area contributed by atoms with Gasteiger partial charge in [-0.25, -0.2) is 4.79 Å². The van der Waals surface area contributed by atoms with Gasteiger partial charge in [0.2, 0.25) is 0 Å². The fourth-order valence-corrected chi connectivity index (χ4v) is 2.90. The third-order valence-corrected chi connectivity index (χ3v) is 4.36. The van der Waals surface area contributed by atoms with Gasteiger partial charge in [-0.1, -0.05) is 18.2 Å². The summed E-state index contributed by atoms with van der Waals surface area (Å²) >= 11 is 0. The van der Waals surface area contributed by atoms with Crippen LogP contribution < -0.4 is 5.32 Å². The number of hydrogen-bond donors (Lipinski definition) is 1. The SMILES string of the molecule is CC(C)N1C(=O)c2ccc(C(=O)O[C@H](C)C(=O)Nc3ccccc3)cc2C1=O. The first-order valence-electron chi connectivity index (χ1n) is 8.88. The minimum absolute atomic E-state index is 0.102. The van der Waals surface area contributed by atoms with E-state index in [1.807, 2.05) is 6.07 Å². The highest BCUT2D eigenvalue weighted by Crippen LogP contribution is 2.26. The second-order valence-corrected chi connectivity index (χ2v) is 6.74. The minimum atomic E-state index is -1.04. The Morgan fingerprint density at radius 2 is 1.57 bits per heavy atom. The number of hydrogen-bond acceptors (Lipinski definition) is 5. The molecular formula is C21H20N2O5. The van der Waals surface area contributed by atoms with Crippen LogP contribution in [0.1, 0.15) is 51.8 Å². The van der Waals surface area contributed by atoms with E-state index in [2.05, 4.69) is 5.32 Å². The Balaban J connectivity index is 1.71. The molecule has 2 aromatic rings. The number of fused-ring (bicyclic) bond motifs is 1. The Morgan fingerprint density at radius 3 is 2.21 bits per heavy atom. The maximum absolute atomic E-state index is 12.4. The number of benzene rings is 2. The lowest BCUT2D eigenvalue weighted by atomic mass is 10.1. The molecule has 1 aliphatic rings. The Labute approximate surface area is 162 Å². The first-order chi connectivity index (χ1) is 13.3. The Hall–Kier alpha value is -3.48. The zero-order chi connectivity index (χ0) is 20.4. The summed E-state index contributed by atoms with van der Waals surface area (Å²) in [5.74, 6) is -2.05. The molecule has 7 heteroatoms. The number of nitrogens with zero attached hydrogens (tertiary/aromatic N) is 1. The fourth-order valence-electron chi connectivity index (χ4n) is 2.90. The van der Waals surface area contributed by atoms with Gasteiger partial charge in [0.05, 0.1) is 16.7 Å². The van der Waals surface area contributed by atoms with Gasteiger partial charge >= 0.3 is 5.97 Å². The molecule has 0 spiro atoms. The molecule has 144 valence electrons. The third-order valence-electron chi connectivity index (χ3n) is 4.36. The van der Waals surface area contributed by atoms with E-state index in [1.165, 1.54) is 25.1 Å². The van der Waals surface area contributed by atoms with Crippen LogP contribution in [0.3, 0.4) is 0 Å². The van der Waals surface area contributed by atoms with Crippen molar-refractivity contribution in [2.45, 2.75) is 32.9 Å². The van der Waals surface area contributed by atoms with Crippen LogP contribution in [0.2, 0.25) is 0 Å². The largest absolute Gasteiger partial charge is 0.449 e. The highest BCUT2D eigenvalue weighted by molar-refractivity contribution is 6.22. The molecule has 0 radical (unpaired) electrons. The van der Waals surface area contributed by atoms with Gasteiger partial charge in [0, 0.05) is 11.7 Å². The van der Waals surface area contributed by atoms with Gasteiger partial charge in [-0.15, -0.1) is 0 Å². The lowest BCUT2D eigenvalue weighted by Crippen LogP contribution is -2.35. The molecule has 1 heterocycles. The first kappa shape index (κ1) is 19.3. The second-order valence-electron chi connectivity index (χ2n) is 6.74. The number of anilines is 1. The van der Waals surface area contributed by atoms with Crippen LogP contribution >= 0.6 is 0 Å². The molecule has 0 saturated carbocycles. The van der Waals surface area contributed by atoms with Crippen molar-refractivity contribution in [2.24, 2.45) is 0 Å². The van der Waals surface area contributed by atoms with Crippen LogP contribution in [0.15, 0.2) is 48.5 Å². The maximum atomic E-state index is 12.4. The van der Waals surface area contributed by atoms with Gasteiger partial charge in [-0.3, -0.25) is 19.3 Å². The van der Waals surface area contributed by atoms with Crippen molar-refractivity contribution < 1.29 is 23.9 Å². The first-order valence-corrected chi connectivity index (χ1v) is 8.88. The molecule has 7 nitrogen and oxygen atoms in total. The molecule has 3 rings (SSSR count). The number of carbonyl (C=O) groups excluding carboxylic acids is 4. The highest BCUT2D eigenvalue weighted by atomic mass is 16.5.